The monoisotopic (exact) mass is 360 g/mol. The Morgan fingerprint density at radius 2 is 2.28 bits per heavy atom. The number of guanidine groups is 1. The molecule has 0 saturated carbocycles. The Bertz CT molecular complexity index is 734. The van der Waals surface area contributed by atoms with E-state index in [1.165, 1.54) is 22.0 Å². The van der Waals surface area contributed by atoms with Crippen molar-refractivity contribution in [3.8, 4) is 0 Å². The molecule has 3 rings (SSSR count). The SMILES string of the molecule is CCNC(=NCC1(O)CCSC1)NCCc1c[nH]c2cc(C)ccc12. The minimum Gasteiger partial charge on any atom is -0.387 e. The lowest BCUT2D eigenvalue weighted by atomic mass is 10.1. The molecular formula is C19H28N4OS. The molecule has 1 atom stereocenters. The molecule has 1 unspecified atom stereocenters. The van der Waals surface area contributed by atoms with Crippen molar-refractivity contribution in [1.82, 2.24) is 15.6 Å². The fourth-order valence-corrected chi connectivity index (χ4v) is 4.40. The molecule has 1 aromatic carbocycles. The minimum atomic E-state index is -0.637. The van der Waals surface area contributed by atoms with E-state index in [9.17, 15) is 5.11 Å². The highest BCUT2D eigenvalue weighted by molar-refractivity contribution is 7.99. The third kappa shape index (κ3) is 4.70. The third-order valence-electron chi connectivity index (χ3n) is 4.57. The standard InChI is InChI=1S/C19H28N4OS/c1-3-20-18(23-12-19(24)7-9-25-13-19)21-8-6-15-11-22-17-10-14(2)4-5-16(15)17/h4-5,10-11,22,24H,3,6-9,12-13H2,1-2H3,(H2,20,21,23). The van der Waals surface area contributed by atoms with E-state index in [0.29, 0.717) is 6.54 Å². The quantitative estimate of drug-likeness (QED) is 0.472. The van der Waals surface area contributed by atoms with Crippen LogP contribution in [0.25, 0.3) is 10.9 Å². The molecule has 25 heavy (non-hydrogen) atoms. The van der Waals surface area contributed by atoms with E-state index in [1.807, 2.05) is 0 Å². The lowest BCUT2D eigenvalue weighted by Gasteiger charge is -2.19. The Morgan fingerprint density at radius 3 is 3.04 bits per heavy atom. The highest BCUT2D eigenvalue weighted by atomic mass is 32.2. The molecule has 1 aromatic heterocycles. The van der Waals surface area contributed by atoms with Crippen LogP contribution in [0.5, 0.6) is 0 Å². The summed E-state index contributed by atoms with van der Waals surface area (Å²) >= 11 is 1.80. The maximum absolute atomic E-state index is 10.4. The zero-order valence-electron chi connectivity index (χ0n) is 15.1. The lowest BCUT2D eigenvalue weighted by Crippen LogP contribution is -2.40. The van der Waals surface area contributed by atoms with Crippen LogP contribution in [-0.2, 0) is 6.42 Å². The summed E-state index contributed by atoms with van der Waals surface area (Å²) in [6.45, 7) is 6.24. The second-order valence-corrected chi connectivity index (χ2v) is 7.87. The zero-order valence-corrected chi connectivity index (χ0v) is 15.9. The van der Waals surface area contributed by atoms with E-state index in [0.717, 1.165) is 43.4 Å². The van der Waals surface area contributed by atoms with Gasteiger partial charge in [0.25, 0.3) is 0 Å². The predicted molar refractivity (Wildman–Crippen MR) is 108 cm³/mol. The number of hydrogen-bond donors (Lipinski definition) is 4. The Morgan fingerprint density at radius 1 is 1.40 bits per heavy atom. The first kappa shape index (κ1) is 18.1. The van der Waals surface area contributed by atoms with Gasteiger partial charge < -0.3 is 20.7 Å². The van der Waals surface area contributed by atoms with Gasteiger partial charge in [-0.25, -0.2) is 0 Å². The number of fused-ring (bicyclic) bond motifs is 1. The van der Waals surface area contributed by atoms with Crippen LogP contribution >= 0.6 is 11.8 Å². The van der Waals surface area contributed by atoms with E-state index in [1.54, 1.807) is 11.8 Å². The summed E-state index contributed by atoms with van der Waals surface area (Å²) in [6, 6.07) is 6.51. The molecule has 5 nitrogen and oxygen atoms in total. The molecule has 0 spiro atoms. The zero-order chi connectivity index (χ0) is 17.7. The average Bonchev–Trinajstić information content (AvgIpc) is 3.19. The molecule has 1 aliphatic rings. The van der Waals surface area contributed by atoms with Gasteiger partial charge in [-0.3, -0.25) is 4.99 Å². The molecule has 1 saturated heterocycles. The first-order valence-corrected chi connectivity index (χ1v) is 10.1. The van der Waals surface area contributed by atoms with Gasteiger partial charge in [0.1, 0.15) is 0 Å². The van der Waals surface area contributed by atoms with Crippen molar-refractivity contribution in [2.24, 2.45) is 4.99 Å². The fourth-order valence-electron chi connectivity index (χ4n) is 3.11. The van der Waals surface area contributed by atoms with Crippen LogP contribution in [0.4, 0.5) is 0 Å². The molecule has 0 amide bonds. The maximum atomic E-state index is 10.4. The minimum absolute atomic E-state index is 0.460. The number of H-pyrrole nitrogens is 1. The number of aromatic nitrogens is 1. The molecule has 6 heteroatoms. The molecule has 0 radical (unpaired) electrons. The van der Waals surface area contributed by atoms with Crippen LogP contribution in [0, 0.1) is 6.92 Å². The number of aryl methyl sites for hydroxylation is 1. The summed E-state index contributed by atoms with van der Waals surface area (Å²) in [6.07, 6.45) is 3.84. The number of nitrogens with one attached hydrogen (secondary N) is 3. The highest BCUT2D eigenvalue weighted by Gasteiger charge is 2.31. The second-order valence-electron chi connectivity index (χ2n) is 6.76. The molecule has 2 aromatic rings. The summed E-state index contributed by atoms with van der Waals surface area (Å²) in [7, 11) is 0. The number of aromatic amines is 1. The number of hydrogen-bond acceptors (Lipinski definition) is 3. The van der Waals surface area contributed by atoms with E-state index >= 15 is 0 Å². The van der Waals surface area contributed by atoms with Crippen LogP contribution in [-0.4, -0.2) is 52.8 Å². The van der Waals surface area contributed by atoms with Gasteiger partial charge in [0.05, 0.1) is 12.1 Å². The van der Waals surface area contributed by atoms with Crippen molar-refractivity contribution >= 4 is 28.6 Å². The summed E-state index contributed by atoms with van der Waals surface area (Å²) in [4.78, 5) is 7.93. The van der Waals surface area contributed by atoms with Crippen molar-refractivity contribution < 1.29 is 5.11 Å². The first-order chi connectivity index (χ1) is 12.1. The van der Waals surface area contributed by atoms with Gasteiger partial charge >= 0.3 is 0 Å². The summed E-state index contributed by atoms with van der Waals surface area (Å²) in [5, 5.41) is 18.4. The van der Waals surface area contributed by atoms with Crippen LogP contribution in [0.1, 0.15) is 24.5 Å². The van der Waals surface area contributed by atoms with Gasteiger partial charge in [-0.1, -0.05) is 12.1 Å². The Kier molecular flexibility index (Phi) is 5.91. The van der Waals surface area contributed by atoms with Crippen LogP contribution in [0.2, 0.25) is 0 Å². The Labute approximate surface area is 153 Å². The summed E-state index contributed by atoms with van der Waals surface area (Å²) in [5.74, 6) is 2.59. The van der Waals surface area contributed by atoms with E-state index in [-0.39, 0.29) is 0 Å². The van der Waals surface area contributed by atoms with Gasteiger partial charge in [-0.15, -0.1) is 0 Å². The van der Waals surface area contributed by atoms with Gasteiger partial charge in [-0.05, 0) is 49.6 Å². The maximum Gasteiger partial charge on any atom is 0.191 e. The smallest absolute Gasteiger partial charge is 0.191 e. The molecule has 4 N–H and O–H groups in total. The Hall–Kier alpha value is -1.66. The van der Waals surface area contributed by atoms with E-state index in [4.69, 9.17) is 0 Å². The molecule has 2 heterocycles. The van der Waals surface area contributed by atoms with Gasteiger partial charge in [0.2, 0.25) is 0 Å². The van der Waals surface area contributed by atoms with Gasteiger partial charge in [-0.2, -0.15) is 11.8 Å². The normalized spacial score (nSPS) is 21.0. The number of nitrogens with zero attached hydrogens (tertiary/aromatic N) is 1. The topological polar surface area (TPSA) is 72.4 Å². The molecule has 0 aliphatic carbocycles. The van der Waals surface area contributed by atoms with Crippen LogP contribution in [0.3, 0.4) is 0 Å². The highest BCUT2D eigenvalue weighted by Crippen LogP contribution is 2.27. The number of benzene rings is 1. The molecule has 0 bridgehead atoms. The van der Waals surface area contributed by atoms with Crippen molar-refractivity contribution in [3.05, 3.63) is 35.5 Å². The van der Waals surface area contributed by atoms with Crippen molar-refractivity contribution in [2.45, 2.75) is 32.3 Å². The third-order valence-corrected chi connectivity index (χ3v) is 5.80. The van der Waals surface area contributed by atoms with Crippen LogP contribution < -0.4 is 10.6 Å². The number of aliphatic hydroxyl groups is 1. The van der Waals surface area contributed by atoms with Crippen LogP contribution in [0.15, 0.2) is 29.4 Å². The largest absolute Gasteiger partial charge is 0.387 e. The first-order valence-electron chi connectivity index (χ1n) is 8.98. The predicted octanol–water partition coefficient (Wildman–Crippen LogP) is 2.44. The van der Waals surface area contributed by atoms with E-state index in [2.05, 4.69) is 58.9 Å². The molecule has 1 fully saturated rings. The van der Waals surface area contributed by atoms with E-state index < -0.39 is 5.60 Å². The molecule has 1 aliphatic heterocycles. The van der Waals surface area contributed by atoms with Crippen molar-refractivity contribution in [1.29, 1.82) is 0 Å². The van der Waals surface area contributed by atoms with Gasteiger partial charge in [0, 0.05) is 35.9 Å². The number of thioether (sulfide) groups is 1. The number of rotatable bonds is 6. The van der Waals surface area contributed by atoms with Crippen molar-refractivity contribution in [2.75, 3.05) is 31.1 Å². The summed E-state index contributed by atoms with van der Waals surface area (Å²) in [5.41, 5.74) is 3.13. The fraction of sp³-hybridized carbons (Fsp3) is 0.526. The molecular weight excluding hydrogens is 332 g/mol. The Balaban J connectivity index is 1.57. The second kappa shape index (κ2) is 8.15. The summed E-state index contributed by atoms with van der Waals surface area (Å²) < 4.78 is 0. The van der Waals surface area contributed by atoms with Crippen molar-refractivity contribution in [3.63, 3.8) is 0 Å². The number of aliphatic imine (C=N–C) groups is 1. The molecule has 136 valence electrons. The lowest BCUT2D eigenvalue weighted by molar-refractivity contribution is 0.0778. The average molecular weight is 361 g/mol. The van der Waals surface area contributed by atoms with Gasteiger partial charge in [0.15, 0.2) is 5.96 Å².